The van der Waals surface area contributed by atoms with Crippen LogP contribution in [-0.4, -0.2) is 38.7 Å². The van der Waals surface area contributed by atoms with Gasteiger partial charge in [0.25, 0.3) is 0 Å². The fourth-order valence-electron chi connectivity index (χ4n) is 3.16. The summed E-state index contributed by atoms with van der Waals surface area (Å²) in [5.41, 5.74) is 2.67. The fourth-order valence-corrected chi connectivity index (χ4v) is 3.95. The average Bonchev–Trinajstić information content (AvgIpc) is 3.18. The number of thiophene rings is 1. The topological polar surface area (TPSA) is 39.7 Å². The van der Waals surface area contributed by atoms with Gasteiger partial charge in [-0.05, 0) is 49.3 Å². The van der Waals surface area contributed by atoms with Crippen molar-refractivity contribution in [2.75, 3.05) is 31.6 Å². The minimum Gasteiger partial charge on any atom is -0.363 e. The van der Waals surface area contributed by atoms with Gasteiger partial charge in [-0.15, -0.1) is 35.3 Å². The molecule has 142 valence electrons. The molecule has 1 aromatic heterocycles. The number of anilines is 1. The number of rotatable bonds is 5. The number of benzene rings is 1. The Morgan fingerprint density at radius 1 is 1.19 bits per heavy atom. The molecular weight excluding hydrogens is 455 g/mol. The van der Waals surface area contributed by atoms with Gasteiger partial charge in [0.2, 0.25) is 0 Å². The van der Waals surface area contributed by atoms with Crippen LogP contribution in [0, 0.1) is 6.92 Å². The highest BCUT2D eigenvalue weighted by molar-refractivity contribution is 14.0. The van der Waals surface area contributed by atoms with Crippen LogP contribution >= 0.6 is 35.3 Å². The van der Waals surface area contributed by atoms with Crippen molar-refractivity contribution in [1.29, 1.82) is 0 Å². The first-order valence-electron chi connectivity index (χ1n) is 9.06. The van der Waals surface area contributed by atoms with E-state index < -0.39 is 0 Å². The van der Waals surface area contributed by atoms with Gasteiger partial charge in [0.1, 0.15) is 0 Å². The molecule has 1 aliphatic rings. The number of aliphatic imine (C=N–C) groups is 1. The molecule has 0 bridgehead atoms. The van der Waals surface area contributed by atoms with Crippen LogP contribution in [0.25, 0.3) is 0 Å². The summed E-state index contributed by atoms with van der Waals surface area (Å²) in [7, 11) is 1.85. The summed E-state index contributed by atoms with van der Waals surface area (Å²) in [4.78, 5) is 6.86. The fraction of sp³-hybridized carbons (Fsp3) is 0.450. The molecule has 0 unspecified atom stereocenters. The molecule has 26 heavy (non-hydrogen) atoms. The van der Waals surface area contributed by atoms with Crippen LogP contribution < -0.4 is 15.5 Å². The van der Waals surface area contributed by atoms with E-state index >= 15 is 0 Å². The van der Waals surface area contributed by atoms with E-state index in [-0.39, 0.29) is 24.0 Å². The SMILES string of the molecule is CN=C(NCCc1ccc(C)cc1)NC1CCN(c2cccs2)CC1.I. The number of hydrogen-bond acceptors (Lipinski definition) is 3. The second-order valence-corrected chi connectivity index (χ2v) is 7.52. The molecule has 1 saturated heterocycles. The van der Waals surface area contributed by atoms with E-state index in [4.69, 9.17) is 0 Å². The molecule has 3 rings (SSSR count). The van der Waals surface area contributed by atoms with E-state index in [2.05, 4.69) is 69.2 Å². The zero-order valence-corrected chi connectivity index (χ0v) is 18.7. The molecule has 1 aromatic carbocycles. The van der Waals surface area contributed by atoms with E-state index in [1.54, 1.807) is 0 Å². The molecule has 0 amide bonds. The molecule has 2 heterocycles. The molecule has 0 saturated carbocycles. The minimum absolute atomic E-state index is 0. The van der Waals surface area contributed by atoms with Crippen LogP contribution in [0.4, 0.5) is 5.00 Å². The molecule has 0 atom stereocenters. The van der Waals surface area contributed by atoms with Crippen LogP contribution in [0.1, 0.15) is 24.0 Å². The summed E-state index contributed by atoms with van der Waals surface area (Å²) in [5, 5.41) is 10.6. The first-order chi connectivity index (χ1) is 12.2. The highest BCUT2D eigenvalue weighted by atomic mass is 127. The average molecular weight is 484 g/mol. The van der Waals surface area contributed by atoms with Gasteiger partial charge < -0.3 is 15.5 Å². The van der Waals surface area contributed by atoms with Crippen LogP contribution in [-0.2, 0) is 6.42 Å². The molecule has 2 N–H and O–H groups in total. The maximum atomic E-state index is 4.38. The Hall–Kier alpha value is -1.28. The molecule has 0 aliphatic carbocycles. The number of nitrogens with one attached hydrogen (secondary N) is 2. The van der Waals surface area contributed by atoms with E-state index in [1.807, 2.05) is 18.4 Å². The lowest BCUT2D eigenvalue weighted by molar-refractivity contribution is 0.463. The van der Waals surface area contributed by atoms with E-state index in [9.17, 15) is 0 Å². The van der Waals surface area contributed by atoms with Crippen molar-refractivity contribution in [2.45, 2.75) is 32.2 Å². The Morgan fingerprint density at radius 3 is 2.54 bits per heavy atom. The van der Waals surface area contributed by atoms with Crippen LogP contribution in [0.5, 0.6) is 0 Å². The minimum atomic E-state index is 0. The molecule has 0 spiro atoms. The summed E-state index contributed by atoms with van der Waals surface area (Å²) >= 11 is 1.83. The monoisotopic (exact) mass is 484 g/mol. The highest BCUT2D eigenvalue weighted by Crippen LogP contribution is 2.24. The van der Waals surface area contributed by atoms with Gasteiger partial charge in [0, 0.05) is 32.7 Å². The van der Waals surface area contributed by atoms with Crippen LogP contribution in [0.3, 0.4) is 0 Å². The lowest BCUT2D eigenvalue weighted by Crippen LogP contribution is -2.49. The van der Waals surface area contributed by atoms with Crippen molar-refractivity contribution in [3.8, 4) is 0 Å². The van der Waals surface area contributed by atoms with Gasteiger partial charge >= 0.3 is 0 Å². The smallest absolute Gasteiger partial charge is 0.191 e. The highest BCUT2D eigenvalue weighted by Gasteiger charge is 2.20. The van der Waals surface area contributed by atoms with Gasteiger partial charge in [-0.1, -0.05) is 29.8 Å². The molecule has 0 radical (unpaired) electrons. The standard InChI is InChI=1S/C20H28N4S.HI/c1-16-5-7-17(8-6-16)9-12-22-20(21-2)23-18-10-13-24(14-11-18)19-4-3-15-25-19;/h3-8,15,18H,9-14H2,1-2H3,(H2,21,22,23);1H. The van der Waals surface area contributed by atoms with Crippen molar-refractivity contribution in [2.24, 2.45) is 4.99 Å². The van der Waals surface area contributed by atoms with Gasteiger partial charge in [-0.3, -0.25) is 4.99 Å². The quantitative estimate of drug-likeness (QED) is 0.382. The Kier molecular flexibility index (Phi) is 8.71. The maximum Gasteiger partial charge on any atom is 0.191 e. The lowest BCUT2D eigenvalue weighted by atomic mass is 10.1. The third-order valence-corrected chi connectivity index (χ3v) is 5.63. The largest absolute Gasteiger partial charge is 0.363 e. The first kappa shape index (κ1) is 21.0. The predicted octanol–water partition coefficient (Wildman–Crippen LogP) is 4.05. The third-order valence-electron chi connectivity index (χ3n) is 4.70. The summed E-state index contributed by atoms with van der Waals surface area (Å²) in [6, 6.07) is 13.6. The molecule has 6 heteroatoms. The zero-order valence-electron chi connectivity index (χ0n) is 15.6. The normalized spacial score (nSPS) is 15.5. The molecule has 1 fully saturated rings. The molecule has 4 nitrogen and oxygen atoms in total. The summed E-state index contributed by atoms with van der Waals surface area (Å²) in [6.07, 6.45) is 3.31. The van der Waals surface area contributed by atoms with Crippen molar-refractivity contribution in [3.05, 3.63) is 52.9 Å². The number of hydrogen-bond donors (Lipinski definition) is 2. The Bertz CT molecular complexity index is 662. The van der Waals surface area contributed by atoms with Crippen LogP contribution in [0.15, 0.2) is 46.8 Å². The third kappa shape index (κ3) is 6.16. The van der Waals surface area contributed by atoms with Crippen LogP contribution in [0.2, 0.25) is 0 Å². The number of piperidine rings is 1. The van der Waals surface area contributed by atoms with Crippen molar-refractivity contribution in [1.82, 2.24) is 10.6 Å². The lowest BCUT2D eigenvalue weighted by Gasteiger charge is -2.33. The van der Waals surface area contributed by atoms with E-state index in [0.717, 1.165) is 44.9 Å². The maximum absolute atomic E-state index is 4.38. The Morgan fingerprint density at radius 2 is 1.92 bits per heavy atom. The second-order valence-electron chi connectivity index (χ2n) is 6.59. The van der Waals surface area contributed by atoms with Crippen molar-refractivity contribution < 1.29 is 0 Å². The second kappa shape index (κ2) is 10.8. The van der Waals surface area contributed by atoms with Crippen molar-refractivity contribution >= 4 is 46.3 Å². The van der Waals surface area contributed by atoms with Crippen molar-refractivity contribution in [3.63, 3.8) is 0 Å². The van der Waals surface area contributed by atoms with Gasteiger partial charge in [-0.25, -0.2) is 0 Å². The first-order valence-corrected chi connectivity index (χ1v) is 9.94. The summed E-state index contributed by atoms with van der Waals surface area (Å²) in [5.74, 6) is 0.918. The number of guanidine groups is 1. The molecule has 1 aliphatic heterocycles. The van der Waals surface area contributed by atoms with E-state index in [0.29, 0.717) is 6.04 Å². The predicted molar refractivity (Wildman–Crippen MR) is 124 cm³/mol. The molecular formula is C20H29IN4S. The Labute approximate surface area is 178 Å². The van der Waals surface area contributed by atoms with Gasteiger partial charge in [-0.2, -0.15) is 0 Å². The molecule has 2 aromatic rings. The number of aryl methyl sites for hydroxylation is 1. The zero-order chi connectivity index (χ0) is 17.5. The number of halogens is 1. The summed E-state index contributed by atoms with van der Waals surface area (Å²) in [6.45, 7) is 5.24. The van der Waals surface area contributed by atoms with Gasteiger partial charge in [0.05, 0.1) is 5.00 Å². The van der Waals surface area contributed by atoms with Gasteiger partial charge in [0.15, 0.2) is 5.96 Å². The Balaban J connectivity index is 0.00000243. The summed E-state index contributed by atoms with van der Waals surface area (Å²) < 4.78 is 0. The van der Waals surface area contributed by atoms with E-state index in [1.165, 1.54) is 16.1 Å². The number of nitrogens with zero attached hydrogens (tertiary/aromatic N) is 2.